The zero-order valence-corrected chi connectivity index (χ0v) is 15.6. The van der Waals surface area contributed by atoms with Gasteiger partial charge in [0.25, 0.3) is 12.3 Å². The van der Waals surface area contributed by atoms with Crippen molar-refractivity contribution in [2.75, 3.05) is 0 Å². The number of nitrogens with one attached hydrogen (secondary N) is 2. The first kappa shape index (κ1) is 20.2. The number of hydrogen-bond acceptors (Lipinski definition) is 5. The summed E-state index contributed by atoms with van der Waals surface area (Å²) in [6.45, 7) is 3.22. The van der Waals surface area contributed by atoms with E-state index in [1.54, 1.807) is 32.0 Å². The Morgan fingerprint density at radius 2 is 2.03 bits per heavy atom. The molecule has 2 aromatic rings. The Kier molecular flexibility index (Phi) is 5.73. The number of aryl methyl sites for hydroxylation is 1. The van der Waals surface area contributed by atoms with E-state index in [-0.39, 0.29) is 35.0 Å². The van der Waals surface area contributed by atoms with Crippen LogP contribution in [0.2, 0.25) is 0 Å². The lowest BCUT2D eigenvalue weighted by Crippen LogP contribution is -2.50. The summed E-state index contributed by atoms with van der Waals surface area (Å²) in [5.74, 6) is -0.801. The van der Waals surface area contributed by atoms with Crippen LogP contribution < -0.4 is 15.6 Å². The van der Waals surface area contributed by atoms with Gasteiger partial charge in [-0.1, -0.05) is 12.1 Å². The minimum atomic E-state index is -2.80. The Hall–Kier alpha value is -3.54. The standard InChI is InChI=1S/C20H17F3N4O2/c1-10-3-4-13(8-16-25-11(2)20(28)27-26-16)17(21)18(10)29-15-6-12(9-24)5-14(7-15)19(22)23/h3-7,11,19H,8H2,1-2H3,(H,25,26)(H,27,28)/t11-/m1/s1. The van der Waals surface area contributed by atoms with Gasteiger partial charge in [-0.05, 0) is 43.2 Å². The van der Waals surface area contributed by atoms with Gasteiger partial charge >= 0.3 is 0 Å². The molecule has 0 fully saturated rings. The average molecular weight is 402 g/mol. The topological polar surface area (TPSA) is 86.5 Å². The molecule has 29 heavy (non-hydrogen) atoms. The molecule has 9 heteroatoms. The monoisotopic (exact) mass is 402 g/mol. The second kappa shape index (κ2) is 8.22. The van der Waals surface area contributed by atoms with Crippen LogP contribution in [0.15, 0.2) is 35.3 Å². The number of benzene rings is 2. The molecule has 0 spiro atoms. The third-order valence-corrected chi connectivity index (χ3v) is 4.32. The van der Waals surface area contributed by atoms with Crippen molar-refractivity contribution in [2.45, 2.75) is 32.7 Å². The number of rotatable bonds is 5. The first-order valence-electron chi connectivity index (χ1n) is 8.70. The summed E-state index contributed by atoms with van der Waals surface area (Å²) in [4.78, 5) is 15.6. The minimum Gasteiger partial charge on any atom is -0.454 e. The van der Waals surface area contributed by atoms with Crippen LogP contribution in [0, 0.1) is 24.1 Å². The normalized spacial score (nSPS) is 16.0. The summed E-state index contributed by atoms with van der Waals surface area (Å²) < 4.78 is 46.7. The Labute approximate surface area is 165 Å². The highest BCUT2D eigenvalue weighted by Crippen LogP contribution is 2.33. The summed E-state index contributed by atoms with van der Waals surface area (Å²) in [5.41, 5.74) is 5.35. The van der Waals surface area contributed by atoms with Crippen molar-refractivity contribution in [1.29, 1.82) is 5.26 Å². The van der Waals surface area contributed by atoms with E-state index in [0.29, 0.717) is 11.4 Å². The van der Waals surface area contributed by atoms with E-state index in [1.807, 2.05) is 0 Å². The maximum absolute atomic E-state index is 15.1. The Morgan fingerprint density at radius 1 is 1.28 bits per heavy atom. The van der Waals surface area contributed by atoms with Gasteiger partial charge in [0.15, 0.2) is 11.6 Å². The quantitative estimate of drug-likeness (QED) is 0.799. The number of hydrogen-bond donors (Lipinski definition) is 2. The molecule has 2 N–H and O–H groups in total. The first-order chi connectivity index (χ1) is 13.8. The molecule has 1 aliphatic heterocycles. The molecule has 0 bridgehead atoms. The van der Waals surface area contributed by atoms with Crippen molar-refractivity contribution in [3.05, 3.63) is 58.4 Å². The number of alkyl halides is 2. The smallest absolute Gasteiger partial charge is 0.264 e. The number of carbonyl (C=O) groups excluding carboxylic acids is 1. The molecule has 150 valence electrons. The third kappa shape index (κ3) is 4.48. The summed E-state index contributed by atoms with van der Waals surface area (Å²) in [6.07, 6.45) is -2.73. The van der Waals surface area contributed by atoms with Gasteiger partial charge in [-0.2, -0.15) is 5.26 Å². The number of nitrogens with zero attached hydrogens (tertiary/aromatic N) is 2. The van der Waals surface area contributed by atoms with Gasteiger partial charge in [-0.25, -0.2) is 13.2 Å². The predicted molar refractivity (Wildman–Crippen MR) is 99.2 cm³/mol. The third-order valence-electron chi connectivity index (χ3n) is 4.32. The van der Waals surface area contributed by atoms with Crippen molar-refractivity contribution >= 4 is 11.7 Å². The van der Waals surface area contributed by atoms with E-state index in [0.717, 1.165) is 12.1 Å². The molecule has 0 aromatic heterocycles. The highest BCUT2D eigenvalue weighted by atomic mass is 19.3. The fourth-order valence-electron chi connectivity index (χ4n) is 2.78. The van der Waals surface area contributed by atoms with E-state index >= 15 is 4.39 Å². The fourth-order valence-corrected chi connectivity index (χ4v) is 2.78. The van der Waals surface area contributed by atoms with Crippen LogP contribution in [0.3, 0.4) is 0 Å². The highest BCUT2D eigenvalue weighted by Gasteiger charge is 2.21. The molecule has 1 atom stereocenters. The highest BCUT2D eigenvalue weighted by molar-refractivity contribution is 5.94. The number of ether oxygens (including phenoxy) is 1. The molecule has 0 saturated carbocycles. The molecule has 1 heterocycles. The number of amidine groups is 1. The Balaban J connectivity index is 1.92. The molecule has 0 saturated heterocycles. The van der Waals surface area contributed by atoms with Crippen LogP contribution in [0.4, 0.5) is 13.2 Å². The van der Waals surface area contributed by atoms with Gasteiger partial charge in [0.2, 0.25) is 0 Å². The van der Waals surface area contributed by atoms with E-state index in [1.165, 1.54) is 6.07 Å². The van der Waals surface area contributed by atoms with E-state index in [2.05, 4.69) is 15.8 Å². The van der Waals surface area contributed by atoms with Crippen LogP contribution in [-0.2, 0) is 11.2 Å². The van der Waals surface area contributed by atoms with Crippen molar-refractivity contribution < 1.29 is 22.7 Å². The van der Waals surface area contributed by atoms with Crippen LogP contribution in [-0.4, -0.2) is 17.8 Å². The van der Waals surface area contributed by atoms with Crippen molar-refractivity contribution in [2.24, 2.45) is 4.99 Å². The van der Waals surface area contributed by atoms with Crippen LogP contribution in [0.5, 0.6) is 11.5 Å². The molecule has 2 aromatic carbocycles. The maximum Gasteiger partial charge on any atom is 0.264 e. The van der Waals surface area contributed by atoms with Gasteiger partial charge in [-0.15, -0.1) is 0 Å². The predicted octanol–water partition coefficient (Wildman–Crippen LogP) is 3.70. The lowest BCUT2D eigenvalue weighted by Gasteiger charge is -2.20. The minimum absolute atomic E-state index is 0.0162. The summed E-state index contributed by atoms with van der Waals surface area (Å²) in [5, 5.41) is 9.04. The van der Waals surface area contributed by atoms with E-state index in [9.17, 15) is 13.6 Å². The van der Waals surface area contributed by atoms with Gasteiger partial charge in [-0.3, -0.25) is 20.6 Å². The van der Waals surface area contributed by atoms with Crippen molar-refractivity contribution in [1.82, 2.24) is 10.9 Å². The van der Waals surface area contributed by atoms with Gasteiger partial charge in [0, 0.05) is 12.0 Å². The number of halogens is 3. The van der Waals surface area contributed by atoms with Gasteiger partial charge in [0.1, 0.15) is 17.6 Å². The summed E-state index contributed by atoms with van der Waals surface area (Å²) >= 11 is 0. The second-order valence-corrected chi connectivity index (χ2v) is 6.53. The molecule has 3 rings (SSSR count). The summed E-state index contributed by atoms with van der Waals surface area (Å²) in [7, 11) is 0. The number of carbonyl (C=O) groups is 1. The zero-order valence-electron chi connectivity index (χ0n) is 15.6. The maximum atomic E-state index is 15.1. The number of amides is 1. The molecule has 0 aliphatic carbocycles. The average Bonchev–Trinajstić information content (AvgIpc) is 2.69. The molecule has 1 amide bonds. The molecule has 1 aliphatic rings. The van der Waals surface area contributed by atoms with Crippen molar-refractivity contribution in [3.63, 3.8) is 0 Å². The molecule has 0 unspecified atom stereocenters. The molecule has 0 radical (unpaired) electrons. The fraction of sp³-hybridized carbons (Fsp3) is 0.250. The first-order valence-corrected chi connectivity index (χ1v) is 8.70. The van der Waals surface area contributed by atoms with E-state index < -0.39 is 23.8 Å². The number of nitriles is 1. The zero-order chi connectivity index (χ0) is 21.1. The second-order valence-electron chi connectivity index (χ2n) is 6.53. The Morgan fingerprint density at radius 3 is 2.69 bits per heavy atom. The lowest BCUT2D eigenvalue weighted by molar-refractivity contribution is -0.122. The largest absolute Gasteiger partial charge is 0.454 e. The Bertz CT molecular complexity index is 1030. The van der Waals surface area contributed by atoms with Gasteiger partial charge in [0.05, 0.1) is 11.6 Å². The molecular formula is C20H17F3N4O2. The van der Waals surface area contributed by atoms with Crippen LogP contribution in [0.1, 0.15) is 35.6 Å². The molecular weight excluding hydrogens is 385 g/mol. The van der Waals surface area contributed by atoms with Crippen molar-refractivity contribution in [3.8, 4) is 17.6 Å². The van der Waals surface area contributed by atoms with Crippen LogP contribution >= 0.6 is 0 Å². The van der Waals surface area contributed by atoms with Crippen LogP contribution in [0.25, 0.3) is 0 Å². The number of aliphatic imine (C=N–C) groups is 1. The van der Waals surface area contributed by atoms with E-state index in [4.69, 9.17) is 10.00 Å². The SMILES string of the molecule is Cc1ccc(CC2=N[C@H](C)C(=O)NN2)c(F)c1Oc1cc(C#N)cc(C(F)F)c1. The van der Waals surface area contributed by atoms with Gasteiger partial charge < -0.3 is 4.74 Å². The molecule has 6 nitrogen and oxygen atoms in total. The number of hydrazine groups is 1. The lowest BCUT2D eigenvalue weighted by atomic mass is 10.1. The summed E-state index contributed by atoms with van der Waals surface area (Å²) in [6, 6.07) is 7.76.